The number of hydrogen-bond donors (Lipinski definition) is 0. The predicted molar refractivity (Wildman–Crippen MR) is 188 cm³/mol. The normalized spacial score (nSPS) is 34.9. The number of ether oxygens (including phenoxy) is 9. The van der Waals surface area contributed by atoms with Gasteiger partial charge in [0.1, 0.15) is 6.10 Å². The molecule has 13 atom stereocenters. The molecule has 3 saturated heterocycles. The van der Waals surface area contributed by atoms with Crippen LogP contribution in [-0.4, -0.2) is 93.2 Å². The summed E-state index contributed by atoms with van der Waals surface area (Å²) < 4.78 is 55.7. The van der Waals surface area contributed by atoms with Gasteiger partial charge in [-0.05, 0) is 61.8 Å². The highest BCUT2D eigenvalue weighted by Crippen LogP contribution is 2.37. The molecule has 0 aromatic heterocycles. The van der Waals surface area contributed by atoms with Crippen LogP contribution in [0.5, 0.6) is 0 Å². The molecule has 286 valence electrons. The van der Waals surface area contributed by atoms with Crippen LogP contribution in [0, 0.1) is 17.8 Å². The Morgan fingerprint density at radius 2 is 1.13 bits per heavy atom. The molecular formula is C40H54O12. The van der Waals surface area contributed by atoms with Crippen molar-refractivity contribution in [3.63, 3.8) is 0 Å². The fraction of sp³-hybridized carbons (Fsp3) is 0.625. The number of hydrogen-bond acceptors (Lipinski definition) is 12. The maximum Gasteiger partial charge on any atom is 0.338 e. The monoisotopic (exact) mass is 726 g/mol. The number of benzene rings is 2. The summed E-state index contributed by atoms with van der Waals surface area (Å²) in [4.78, 5) is 38.7. The smallest absolute Gasteiger partial charge is 0.338 e. The highest BCUT2D eigenvalue weighted by molar-refractivity contribution is 5.89. The van der Waals surface area contributed by atoms with Crippen LogP contribution in [0.1, 0.15) is 87.9 Å². The van der Waals surface area contributed by atoms with E-state index in [1.165, 1.54) is 14.0 Å². The molecular weight excluding hydrogens is 672 g/mol. The van der Waals surface area contributed by atoms with Crippen molar-refractivity contribution < 1.29 is 57.0 Å². The Bertz CT molecular complexity index is 1440. The third-order valence-electron chi connectivity index (χ3n) is 10.3. The van der Waals surface area contributed by atoms with Crippen LogP contribution in [0.25, 0.3) is 0 Å². The molecule has 2 aromatic rings. The van der Waals surface area contributed by atoms with E-state index in [-0.39, 0.29) is 30.7 Å². The molecule has 0 N–H and O–H groups in total. The summed E-state index contributed by atoms with van der Waals surface area (Å²) in [6.07, 6.45) is -4.34. The van der Waals surface area contributed by atoms with Crippen molar-refractivity contribution in [3.8, 4) is 0 Å². The van der Waals surface area contributed by atoms with Gasteiger partial charge < -0.3 is 42.6 Å². The summed E-state index contributed by atoms with van der Waals surface area (Å²) in [5.74, 6) is -1.70. The molecule has 12 nitrogen and oxygen atoms in total. The SMILES string of the molecule is CCC1OC(OCC2OC(OC)C(OC(C)=O)C(OC3OC(CC)C(C)CC3OC(=O)c3ccccc3)C2C)C(OC(=O)c2ccccc2)CC1C. The highest BCUT2D eigenvalue weighted by Gasteiger charge is 2.51. The zero-order valence-electron chi connectivity index (χ0n) is 31.2. The Kier molecular flexibility index (Phi) is 14.2. The van der Waals surface area contributed by atoms with Gasteiger partial charge in [-0.3, -0.25) is 4.79 Å². The van der Waals surface area contributed by atoms with Gasteiger partial charge >= 0.3 is 17.9 Å². The molecule has 3 aliphatic heterocycles. The van der Waals surface area contributed by atoms with E-state index in [9.17, 15) is 14.4 Å². The molecule has 0 amide bonds. The number of esters is 3. The van der Waals surface area contributed by atoms with Gasteiger partial charge in [0, 0.05) is 20.0 Å². The molecule has 2 aromatic carbocycles. The third-order valence-corrected chi connectivity index (χ3v) is 10.3. The van der Waals surface area contributed by atoms with Gasteiger partial charge in [0.25, 0.3) is 0 Å². The average Bonchev–Trinajstić information content (AvgIpc) is 3.14. The summed E-state index contributed by atoms with van der Waals surface area (Å²) in [6.45, 7) is 11.4. The summed E-state index contributed by atoms with van der Waals surface area (Å²) >= 11 is 0. The summed E-state index contributed by atoms with van der Waals surface area (Å²) in [5.41, 5.74) is 0.852. The first kappa shape index (κ1) is 39.8. The second-order valence-electron chi connectivity index (χ2n) is 14.1. The Hall–Kier alpha value is -3.39. The van der Waals surface area contributed by atoms with Gasteiger partial charge in [-0.25, -0.2) is 9.59 Å². The largest absolute Gasteiger partial charge is 0.454 e. The van der Waals surface area contributed by atoms with Gasteiger partial charge in [-0.1, -0.05) is 71.0 Å². The van der Waals surface area contributed by atoms with Crippen LogP contribution in [0.15, 0.2) is 60.7 Å². The lowest BCUT2D eigenvalue weighted by Gasteiger charge is -2.47. The van der Waals surface area contributed by atoms with Crippen LogP contribution in [0.4, 0.5) is 0 Å². The summed E-state index contributed by atoms with van der Waals surface area (Å²) in [5, 5.41) is 0. The zero-order chi connectivity index (χ0) is 37.4. The van der Waals surface area contributed by atoms with Crippen LogP contribution in [0.2, 0.25) is 0 Å². The van der Waals surface area contributed by atoms with Crippen molar-refractivity contribution in [2.24, 2.45) is 17.8 Å². The molecule has 0 saturated carbocycles. The molecule has 3 fully saturated rings. The molecule has 3 heterocycles. The molecule has 52 heavy (non-hydrogen) atoms. The van der Waals surface area contributed by atoms with Crippen LogP contribution >= 0.6 is 0 Å². The molecule has 0 spiro atoms. The first-order valence-electron chi connectivity index (χ1n) is 18.5. The number of rotatable bonds is 13. The second kappa shape index (κ2) is 18.6. The zero-order valence-corrected chi connectivity index (χ0v) is 31.2. The minimum Gasteiger partial charge on any atom is -0.454 e. The number of carbonyl (C=O) groups is 3. The van der Waals surface area contributed by atoms with Gasteiger partial charge in [-0.15, -0.1) is 0 Å². The predicted octanol–water partition coefficient (Wildman–Crippen LogP) is 6.10. The third kappa shape index (κ3) is 9.77. The highest BCUT2D eigenvalue weighted by atomic mass is 16.8. The van der Waals surface area contributed by atoms with E-state index in [1.807, 2.05) is 32.9 Å². The molecule has 13 unspecified atom stereocenters. The molecule has 12 heteroatoms. The summed E-state index contributed by atoms with van der Waals surface area (Å²) in [7, 11) is 1.46. The van der Waals surface area contributed by atoms with E-state index in [0.717, 1.165) is 12.8 Å². The molecule has 5 rings (SSSR count). The van der Waals surface area contributed by atoms with E-state index < -0.39 is 73.2 Å². The van der Waals surface area contributed by atoms with Crippen LogP contribution in [-0.2, 0) is 47.4 Å². The van der Waals surface area contributed by atoms with Gasteiger partial charge in [0.2, 0.25) is 0 Å². The molecule has 0 bridgehead atoms. The molecule has 3 aliphatic rings. The number of methoxy groups -OCH3 is 1. The Balaban J connectivity index is 1.35. The number of carbonyl (C=O) groups excluding carboxylic acids is 3. The average molecular weight is 727 g/mol. The lowest BCUT2D eigenvalue weighted by molar-refractivity contribution is -0.341. The fourth-order valence-electron chi connectivity index (χ4n) is 7.36. The lowest BCUT2D eigenvalue weighted by Crippen LogP contribution is -2.60. The summed E-state index contributed by atoms with van der Waals surface area (Å²) in [6, 6.07) is 17.6. The van der Waals surface area contributed by atoms with Crippen molar-refractivity contribution >= 4 is 17.9 Å². The van der Waals surface area contributed by atoms with Crippen molar-refractivity contribution in [1.82, 2.24) is 0 Å². The van der Waals surface area contributed by atoms with Gasteiger partial charge in [0.05, 0.1) is 36.0 Å². The topological polar surface area (TPSA) is 134 Å². The van der Waals surface area contributed by atoms with E-state index in [4.69, 9.17) is 42.6 Å². The first-order chi connectivity index (χ1) is 25.0. The van der Waals surface area contributed by atoms with Gasteiger partial charge in [-0.2, -0.15) is 0 Å². The Morgan fingerprint density at radius 1 is 0.654 bits per heavy atom. The quantitative estimate of drug-likeness (QED) is 0.174. The van der Waals surface area contributed by atoms with E-state index in [0.29, 0.717) is 24.0 Å². The lowest BCUT2D eigenvalue weighted by atomic mass is 9.89. The van der Waals surface area contributed by atoms with Crippen molar-refractivity contribution in [2.45, 2.75) is 129 Å². The maximum absolute atomic E-state index is 13.2. The Morgan fingerprint density at radius 3 is 1.62 bits per heavy atom. The van der Waals surface area contributed by atoms with Crippen LogP contribution in [0.3, 0.4) is 0 Å². The standard InChI is InChI=1S/C40H54O12/c1-8-29-23(3)20-31(47-36(42)27-16-12-10-13-17-27)38(49-29)45-22-33-25(5)34(35(46-26(6)41)40(44-7)51-33)52-39-32(21-24(4)30(9-2)50-39)48-37(43)28-18-14-11-15-19-28/h10-19,23-25,29-35,38-40H,8-9,20-22H2,1-7H3. The first-order valence-corrected chi connectivity index (χ1v) is 18.5. The van der Waals surface area contributed by atoms with E-state index in [2.05, 4.69) is 13.8 Å². The maximum atomic E-state index is 13.2. The second-order valence-corrected chi connectivity index (χ2v) is 14.1. The minimum atomic E-state index is -1.02. The van der Waals surface area contributed by atoms with Crippen LogP contribution < -0.4 is 0 Å². The van der Waals surface area contributed by atoms with Gasteiger partial charge in [0.15, 0.2) is 37.2 Å². The molecule has 0 aliphatic carbocycles. The Labute approximate surface area is 306 Å². The van der Waals surface area contributed by atoms with Crippen molar-refractivity contribution in [2.75, 3.05) is 13.7 Å². The van der Waals surface area contributed by atoms with E-state index >= 15 is 0 Å². The minimum absolute atomic E-state index is 0.0229. The van der Waals surface area contributed by atoms with Crippen molar-refractivity contribution in [3.05, 3.63) is 71.8 Å². The molecule has 0 radical (unpaired) electrons. The van der Waals surface area contributed by atoms with Crippen molar-refractivity contribution in [1.29, 1.82) is 0 Å². The van der Waals surface area contributed by atoms with E-state index in [1.54, 1.807) is 48.5 Å². The fourth-order valence-corrected chi connectivity index (χ4v) is 7.36.